The molecule has 0 aliphatic carbocycles. The molecule has 5 nitrogen and oxygen atoms in total. The first-order valence-corrected chi connectivity index (χ1v) is 9.83. The number of aliphatic hydroxyl groups excluding tert-OH is 2. The highest BCUT2D eigenvalue weighted by atomic mass is 32.2. The van der Waals surface area contributed by atoms with Crippen LogP contribution in [0.1, 0.15) is 47.0 Å². The summed E-state index contributed by atoms with van der Waals surface area (Å²) in [4.78, 5) is 0. The van der Waals surface area contributed by atoms with E-state index in [1.165, 1.54) is 11.8 Å². The van der Waals surface area contributed by atoms with Crippen molar-refractivity contribution in [1.29, 1.82) is 5.53 Å². The van der Waals surface area contributed by atoms with Crippen LogP contribution in [-0.2, 0) is 4.74 Å². The monoisotopic (exact) mass is 352 g/mol. The first-order valence-electron chi connectivity index (χ1n) is 7.80. The van der Waals surface area contributed by atoms with Gasteiger partial charge in [-0.1, -0.05) is 20.8 Å². The van der Waals surface area contributed by atoms with Crippen LogP contribution in [0.4, 0.5) is 0 Å². The number of hydrogen-bond donors (Lipinski definition) is 3. The molecule has 0 rings (SSSR count). The van der Waals surface area contributed by atoms with Crippen LogP contribution < -0.4 is 0 Å². The van der Waals surface area contributed by atoms with Gasteiger partial charge in [0.15, 0.2) is 0 Å². The molecule has 3 N–H and O–H groups in total. The van der Waals surface area contributed by atoms with Gasteiger partial charge in [0, 0.05) is 17.1 Å². The molecular formula is C15H32N2O3S2. The van der Waals surface area contributed by atoms with Crippen LogP contribution in [-0.4, -0.2) is 57.3 Å². The maximum Gasteiger partial charge on any atom is 0.139 e. The van der Waals surface area contributed by atoms with E-state index in [-0.39, 0.29) is 28.9 Å². The van der Waals surface area contributed by atoms with Crippen molar-refractivity contribution in [3.63, 3.8) is 0 Å². The minimum atomic E-state index is -0.239. The first-order chi connectivity index (χ1) is 10.3. The van der Waals surface area contributed by atoms with Gasteiger partial charge in [-0.2, -0.15) is 16.9 Å². The number of nitrogens with zero attached hydrogens (tertiary/aromatic N) is 1. The predicted octanol–water partition coefficient (Wildman–Crippen LogP) is 3.54. The Morgan fingerprint density at radius 3 is 2.32 bits per heavy atom. The molecule has 0 heterocycles. The minimum Gasteiger partial charge on any atom is -0.396 e. The third kappa shape index (κ3) is 10.0. The highest BCUT2D eigenvalue weighted by molar-refractivity contribution is 8.00. The molecule has 0 fully saturated rings. The molecule has 0 aliphatic rings. The maximum absolute atomic E-state index is 9.06. The molecule has 0 aromatic carbocycles. The Kier molecular flexibility index (Phi) is 11.8. The zero-order chi connectivity index (χ0) is 17.1. The fraction of sp³-hybridized carbons (Fsp3) is 1.00. The average molecular weight is 353 g/mol. The van der Waals surface area contributed by atoms with Crippen molar-refractivity contribution < 1.29 is 14.9 Å². The van der Waals surface area contributed by atoms with Crippen molar-refractivity contribution in [2.24, 2.45) is 5.11 Å². The van der Waals surface area contributed by atoms with Crippen molar-refractivity contribution >= 4 is 23.5 Å². The highest BCUT2D eigenvalue weighted by Crippen LogP contribution is 2.32. The Balaban J connectivity index is 4.25. The Hall–Kier alpha value is 0.180. The lowest BCUT2D eigenvalue weighted by molar-refractivity contribution is -0.0353. The third-order valence-corrected chi connectivity index (χ3v) is 6.14. The molecule has 0 aliphatic heterocycles. The molecular weight excluding hydrogens is 320 g/mol. The molecule has 0 saturated heterocycles. The van der Waals surface area contributed by atoms with Gasteiger partial charge in [-0.05, 0) is 31.9 Å². The average Bonchev–Trinajstić information content (AvgIpc) is 2.47. The zero-order valence-electron chi connectivity index (χ0n) is 14.3. The summed E-state index contributed by atoms with van der Waals surface area (Å²) in [7, 11) is 0. The summed E-state index contributed by atoms with van der Waals surface area (Å²) in [6.07, 6.45) is 2.63. The van der Waals surface area contributed by atoms with Gasteiger partial charge >= 0.3 is 0 Å². The van der Waals surface area contributed by atoms with E-state index >= 15 is 0 Å². The van der Waals surface area contributed by atoms with E-state index in [0.29, 0.717) is 12.4 Å². The van der Waals surface area contributed by atoms with Crippen LogP contribution in [0.2, 0.25) is 0 Å². The molecule has 0 amide bonds. The van der Waals surface area contributed by atoms with Crippen LogP contribution in [0.3, 0.4) is 0 Å². The summed E-state index contributed by atoms with van der Waals surface area (Å²) in [6.45, 7) is 9.23. The van der Waals surface area contributed by atoms with Crippen LogP contribution in [0, 0.1) is 5.53 Å². The second-order valence-electron chi connectivity index (χ2n) is 6.12. The predicted molar refractivity (Wildman–Crippen MR) is 96.0 cm³/mol. The summed E-state index contributed by atoms with van der Waals surface area (Å²) in [5, 5.41) is 21.2. The van der Waals surface area contributed by atoms with Crippen LogP contribution >= 0.6 is 23.5 Å². The van der Waals surface area contributed by atoms with Crippen molar-refractivity contribution in [1.82, 2.24) is 0 Å². The lowest BCUT2D eigenvalue weighted by atomic mass is 10.0. The van der Waals surface area contributed by atoms with E-state index in [0.717, 1.165) is 25.0 Å². The summed E-state index contributed by atoms with van der Waals surface area (Å²) in [6, 6.07) is 0. The number of rotatable bonds is 14. The van der Waals surface area contributed by atoms with Crippen LogP contribution in [0.25, 0.3) is 0 Å². The fourth-order valence-electron chi connectivity index (χ4n) is 1.82. The molecule has 0 bridgehead atoms. The van der Waals surface area contributed by atoms with E-state index < -0.39 is 0 Å². The second-order valence-corrected chi connectivity index (χ2v) is 9.21. The molecule has 0 radical (unpaired) electrons. The van der Waals surface area contributed by atoms with E-state index in [4.69, 9.17) is 20.5 Å². The molecule has 0 saturated carbocycles. The van der Waals surface area contributed by atoms with E-state index in [1.54, 1.807) is 0 Å². The molecule has 7 heteroatoms. The van der Waals surface area contributed by atoms with Crippen molar-refractivity contribution in [2.75, 3.05) is 31.3 Å². The van der Waals surface area contributed by atoms with E-state index in [2.05, 4.69) is 32.8 Å². The standard InChI is InChI=1S/C15H32N2O3S2/c1-5-15(4,7-10-22-14(2,3)6-8-18)20-12-13(17-16)21-11-9-19/h13,16,18-19H,5-12H2,1-4H3/t13?,15-/m1/s1. The molecule has 0 aromatic heterocycles. The first kappa shape index (κ1) is 22.2. The smallest absolute Gasteiger partial charge is 0.139 e. The topological polar surface area (TPSA) is 85.9 Å². The summed E-state index contributed by atoms with van der Waals surface area (Å²) in [5.74, 6) is 1.55. The Morgan fingerprint density at radius 2 is 1.82 bits per heavy atom. The van der Waals surface area contributed by atoms with Crippen molar-refractivity contribution in [3.8, 4) is 0 Å². The number of thioether (sulfide) groups is 2. The SMILES string of the molecule is CC[C@](C)(CCSC(C)(C)CCO)OCC(N=N)SCCO. The highest BCUT2D eigenvalue weighted by Gasteiger charge is 2.26. The van der Waals surface area contributed by atoms with Crippen LogP contribution in [0.5, 0.6) is 0 Å². The Labute approximate surface area is 143 Å². The normalized spacial score (nSPS) is 16.3. The summed E-state index contributed by atoms with van der Waals surface area (Å²) >= 11 is 3.31. The van der Waals surface area contributed by atoms with Crippen molar-refractivity contribution in [3.05, 3.63) is 0 Å². The van der Waals surface area contributed by atoms with Gasteiger partial charge in [-0.25, -0.2) is 5.53 Å². The van der Waals surface area contributed by atoms with Gasteiger partial charge in [-0.3, -0.25) is 0 Å². The summed E-state index contributed by atoms with van der Waals surface area (Å²) < 4.78 is 6.11. The summed E-state index contributed by atoms with van der Waals surface area (Å²) in [5.41, 5.74) is 6.97. The molecule has 2 atom stereocenters. The van der Waals surface area contributed by atoms with Gasteiger partial charge in [0.05, 0.1) is 18.8 Å². The zero-order valence-corrected chi connectivity index (χ0v) is 15.9. The maximum atomic E-state index is 9.06. The minimum absolute atomic E-state index is 0.0828. The number of aliphatic hydroxyl groups is 2. The number of ether oxygens (including phenoxy) is 1. The molecule has 132 valence electrons. The Bertz CT molecular complexity index is 307. The lowest BCUT2D eigenvalue weighted by Crippen LogP contribution is -2.32. The fourth-order valence-corrected chi connectivity index (χ4v) is 3.76. The molecule has 0 spiro atoms. The second kappa shape index (κ2) is 11.7. The van der Waals surface area contributed by atoms with Crippen LogP contribution in [0.15, 0.2) is 5.11 Å². The quantitative estimate of drug-likeness (QED) is 0.416. The molecule has 22 heavy (non-hydrogen) atoms. The van der Waals surface area contributed by atoms with Gasteiger partial charge in [0.25, 0.3) is 0 Å². The molecule has 0 aromatic rings. The Morgan fingerprint density at radius 1 is 1.14 bits per heavy atom. The molecule has 1 unspecified atom stereocenters. The van der Waals surface area contributed by atoms with Gasteiger partial charge in [0.2, 0.25) is 0 Å². The van der Waals surface area contributed by atoms with Gasteiger partial charge in [-0.15, -0.1) is 11.8 Å². The van der Waals surface area contributed by atoms with Crippen molar-refractivity contribution in [2.45, 2.75) is 62.7 Å². The lowest BCUT2D eigenvalue weighted by Gasteiger charge is -2.31. The largest absolute Gasteiger partial charge is 0.396 e. The third-order valence-electron chi connectivity index (χ3n) is 3.71. The number of hydrogen-bond acceptors (Lipinski definition) is 7. The van der Waals surface area contributed by atoms with Gasteiger partial charge < -0.3 is 14.9 Å². The van der Waals surface area contributed by atoms with E-state index in [9.17, 15) is 0 Å². The van der Waals surface area contributed by atoms with Gasteiger partial charge in [0.1, 0.15) is 5.37 Å². The number of nitrogens with one attached hydrogen (secondary N) is 1. The van der Waals surface area contributed by atoms with E-state index in [1.807, 2.05) is 11.8 Å².